The van der Waals surface area contributed by atoms with Crippen molar-refractivity contribution in [2.75, 3.05) is 5.32 Å². The van der Waals surface area contributed by atoms with Crippen molar-refractivity contribution >= 4 is 28.7 Å². The van der Waals surface area contributed by atoms with Gasteiger partial charge >= 0.3 is 0 Å². The lowest BCUT2D eigenvalue weighted by Gasteiger charge is -2.05. The molecule has 3 aromatic rings. The van der Waals surface area contributed by atoms with E-state index in [2.05, 4.69) is 15.5 Å². The third-order valence-corrected chi connectivity index (χ3v) is 3.40. The van der Waals surface area contributed by atoms with E-state index in [1.54, 1.807) is 18.3 Å². The highest BCUT2D eigenvalue weighted by atomic mass is 19.1. The number of pyridine rings is 1. The van der Waals surface area contributed by atoms with Crippen molar-refractivity contribution in [3.8, 4) is 0 Å². The number of oxime groups is 1. The molecule has 132 valence electrons. The lowest BCUT2D eigenvalue weighted by Crippen LogP contribution is -2.14. The van der Waals surface area contributed by atoms with Crippen molar-refractivity contribution in [1.29, 1.82) is 0 Å². The first-order chi connectivity index (χ1) is 12.5. The molecular formula is C18H12F3N3O2. The number of hydrogen-bond acceptors (Lipinski definition) is 4. The number of hydrogen-bond donors (Lipinski definition) is 1. The maximum Gasteiger partial charge on any atom is 0.270 e. The second kappa shape index (κ2) is 7.64. The molecule has 2 aromatic carbocycles. The van der Waals surface area contributed by atoms with Crippen molar-refractivity contribution in [1.82, 2.24) is 4.98 Å². The van der Waals surface area contributed by atoms with Gasteiger partial charge in [-0.05, 0) is 30.3 Å². The SMILES string of the molecule is O=C(/C=N/OCc1cc(F)cc2cccnc12)Nc1ccc(F)cc1F. The smallest absolute Gasteiger partial charge is 0.270 e. The topological polar surface area (TPSA) is 63.6 Å². The second-order valence-electron chi connectivity index (χ2n) is 5.26. The fourth-order valence-corrected chi connectivity index (χ4v) is 2.29. The van der Waals surface area contributed by atoms with Crippen LogP contribution >= 0.6 is 0 Å². The van der Waals surface area contributed by atoms with Gasteiger partial charge in [0.25, 0.3) is 5.91 Å². The molecule has 0 aliphatic heterocycles. The normalized spacial score (nSPS) is 11.0. The van der Waals surface area contributed by atoms with Gasteiger partial charge in [0.1, 0.15) is 30.3 Å². The van der Waals surface area contributed by atoms with Crippen LogP contribution in [-0.2, 0) is 16.2 Å². The van der Waals surface area contributed by atoms with Crippen LogP contribution in [0.15, 0.2) is 53.8 Å². The second-order valence-corrected chi connectivity index (χ2v) is 5.26. The van der Waals surface area contributed by atoms with Gasteiger partial charge in [0.15, 0.2) is 0 Å². The monoisotopic (exact) mass is 359 g/mol. The highest BCUT2D eigenvalue weighted by Crippen LogP contribution is 2.19. The van der Waals surface area contributed by atoms with Crippen LogP contribution in [0, 0.1) is 17.5 Å². The average Bonchev–Trinajstić information content (AvgIpc) is 2.61. The van der Waals surface area contributed by atoms with Gasteiger partial charge in [-0.3, -0.25) is 9.78 Å². The predicted octanol–water partition coefficient (Wildman–Crippen LogP) is 3.79. The number of aromatic nitrogens is 1. The first-order valence-corrected chi connectivity index (χ1v) is 7.47. The van der Waals surface area contributed by atoms with E-state index < -0.39 is 23.4 Å². The van der Waals surface area contributed by atoms with Gasteiger partial charge in [0.2, 0.25) is 0 Å². The molecule has 0 bridgehead atoms. The largest absolute Gasteiger partial charge is 0.391 e. The number of amides is 1. The van der Waals surface area contributed by atoms with Gasteiger partial charge in [-0.2, -0.15) is 0 Å². The summed E-state index contributed by atoms with van der Waals surface area (Å²) >= 11 is 0. The number of nitrogens with one attached hydrogen (secondary N) is 1. The average molecular weight is 359 g/mol. The highest BCUT2D eigenvalue weighted by molar-refractivity contribution is 6.31. The van der Waals surface area contributed by atoms with Crippen molar-refractivity contribution in [2.24, 2.45) is 5.16 Å². The van der Waals surface area contributed by atoms with E-state index in [9.17, 15) is 18.0 Å². The zero-order chi connectivity index (χ0) is 18.5. The van der Waals surface area contributed by atoms with Crippen LogP contribution in [0.1, 0.15) is 5.56 Å². The number of nitrogens with zero attached hydrogens (tertiary/aromatic N) is 2. The van der Waals surface area contributed by atoms with E-state index in [0.717, 1.165) is 18.3 Å². The summed E-state index contributed by atoms with van der Waals surface area (Å²) in [6, 6.07) is 8.74. The highest BCUT2D eigenvalue weighted by Gasteiger charge is 2.07. The molecule has 8 heteroatoms. The molecule has 1 amide bonds. The number of halogens is 3. The molecule has 1 N–H and O–H groups in total. The molecule has 0 aliphatic carbocycles. The molecule has 3 rings (SSSR count). The Morgan fingerprint density at radius 2 is 2.00 bits per heavy atom. The molecule has 0 saturated carbocycles. The van der Waals surface area contributed by atoms with Crippen LogP contribution in [0.5, 0.6) is 0 Å². The molecule has 0 spiro atoms. The zero-order valence-electron chi connectivity index (χ0n) is 13.2. The molecule has 0 unspecified atom stereocenters. The van der Waals surface area contributed by atoms with Gasteiger partial charge in [-0.15, -0.1) is 0 Å². The predicted molar refractivity (Wildman–Crippen MR) is 90.0 cm³/mol. The maximum absolute atomic E-state index is 13.6. The van der Waals surface area contributed by atoms with Crippen LogP contribution in [0.4, 0.5) is 18.9 Å². The minimum Gasteiger partial charge on any atom is -0.391 e. The number of benzene rings is 2. The Morgan fingerprint density at radius 3 is 2.81 bits per heavy atom. The van der Waals surface area contributed by atoms with Gasteiger partial charge in [-0.1, -0.05) is 11.2 Å². The Balaban J connectivity index is 1.62. The zero-order valence-corrected chi connectivity index (χ0v) is 13.2. The lowest BCUT2D eigenvalue weighted by atomic mass is 10.1. The van der Waals surface area contributed by atoms with Crippen LogP contribution in [0.3, 0.4) is 0 Å². The minimum absolute atomic E-state index is 0.111. The summed E-state index contributed by atoms with van der Waals surface area (Å²) in [4.78, 5) is 20.8. The summed E-state index contributed by atoms with van der Waals surface area (Å²) in [6.07, 6.45) is 2.36. The van der Waals surface area contributed by atoms with E-state index in [4.69, 9.17) is 4.84 Å². The number of carbonyl (C=O) groups is 1. The fraction of sp³-hybridized carbons (Fsp3) is 0.0556. The van der Waals surface area contributed by atoms with Crippen LogP contribution in [0.25, 0.3) is 10.9 Å². The Morgan fingerprint density at radius 1 is 1.15 bits per heavy atom. The lowest BCUT2D eigenvalue weighted by molar-refractivity contribution is -0.110. The van der Waals surface area contributed by atoms with Crippen molar-refractivity contribution < 1.29 is 22.8 Å². The summed E-state index contributed by atoms with van der Waals surface area (Å²) < 4.78 is 39.8. The summed E-state index contributed by atoms with van der Waals surface area (Å²) in [6.45, 7) is -0.111. The molecule has 5 nitrogen and oxygen atoms in total. The van der Waals surface area contributed by atoms with E-state index in [-0.39, 0.29) is 12.3 Å². The Kier molecular flexibility index (Phi) is 5.12. The molecule has 0 atom stereocenters. The number of carbonyl (C=O) groups excluding carboxylic acids is 1. The van der Waals surface area contributed by atoms with Gasteiger partial charge in [0, 0.05) is 23.2 Å². The third kappa shape index (κ3) is 4.15. The Hall–Kier alpha value is -3.42. The van der Waals surface area contributed by atoms with Gasteiger partial charge < -0.3 is 10.2 Å². The summed E-state index contributed by atoms with van der Waals surface area (Å²) in [5, 5.41) is 6.27. The van der Waals surface area contributed by atoms with Crippen molar-refractivity contribution in [2.45, 2.75) is 6.61 Å². The van der Waals surface area contributed by atoms with E-state index in [0.29, 0.717) is 22.5 Å². The molecule has 1 aromatic heterocycles. The first-order valence-electron chi connectivity index (χ1n) is 7.47. The van der Waals surface area contributed by atoms with E-state index >= 15 is 0 Å². The van der Waals surface area contributed by atoms with E-state index in [1.165, 1.54) is 12.1 Å². The van der Waals surface area contributed by atoms with Crippen molar-refractivity contribution in [3.63, 3.8) is 0 Å². The van der Waals surface area contributed by atoms with E-state index in [1.807, 2.05) is 0 Å². The summed E-state index contributed by atoms with van der Waals surface area (Å²) in [7, 11) is 0. The molecule has 0 aliphatic rings. The van der Waals surface area contributed by atoms with Crippen molar-refractivity contribution in [3.05, 3.63) is 71.7 Å². The van der Waals surface area contributed by atoms with Gasteiger partial charge in [0.05, 0.1) is 11.2 Å². The number of fused-ring (bicyclic) bond motifs is 1. The quantitative estimate of drug-likeness (QED) is 0.557. The molecule has 0 fully saturated rings. The summed E-state index contributed by atoms with van der Waals surface area (Å²) in [5.41, 5.74) is 0.827. The first kappa shape index (κ1) is 17.4. The van der Waals surface area contributed by atoms with Crippen LogP contribution in [-0.4, -0.2) is 17.1 Å². The number of rotatable bonds is 5. The molecular weight excluding hydrogens is 347 g/mol. The minimum atomic E-state index is -0.912. The number of anilines is 1. The molecule has 0 radical (unpaired) electrons. The van der Waals surface area contributed by atoms with Crippen LogP contribution < -0.4 is 5.32 Å². The standard InChI is InChI=1S/C18H12F3N3O2/c19-13-3-4-16(15(21)8-13)24-17(25)9-23-26-10-12-7-14(20)6-11-2-1-5-22-18(11)12/h1-9H,10H2,(H,24,25)/b23-9+. The summed E-state index contributed by atoms with van der Waals surface area (Å²) in [5.74, 6) is -2.88. The Labute approximate surface area is 146 Å². The fourth-order valence-electron chi connectivity index (χ4n) is 2.29. The molecule has 26 heavy (non-hydrogen) atoms. The van der Waals surface area contributed by atoms with Crippen LogP contribution in [0.2, 0.25) is 0 Å². The Bertz CT molecular complexity index is 993. The molecule has 1 heterocycles. The third-order valence-electron chi connectivity index (χ3n) is 3.40. The maximum atomic E-state index is 13.6. The molecule has 0 saturated heterocycles. The van der Waals surface area contributed by atoms with Gasteiger partial charge in [-0.25, -0.2) is 13.2 Å².